The summed E-state index contributed by atoms with van der Waals surface area (Å²) in [5.41, 5.74) is 5.75. The van der Waals surface area contributed by atoms with E-state index in [2.05, 4.69) is 60.7 Å². The molecule has 0 atom stereocenters. The van der Waals surface area contributed by atoms with Gasteiger partial charge in [-0.25, -0.2) is 12.2 Å². The van der Waals surface area contributed by atoms with Crippen molar-refractivity contribution in [3.63, 3.8) is 0 Å². The first kappa shape index (κ1) is 14.2. The van der Waals surface area contributed by atoms with E-state index in [0.29, 0.717) is 0 Å². The van der Waals surface area contributed by atoms with E-state index in [9.17, 15) is 0 Å². The zero-order valence-electron chi connectivity index (χ0n) is 10.8. The number of hydrogen-bond donors (Lipinski definition) is 0. The van der Waals surface area contributed by atoms with Crippen molar-refractivity contribution in [1.29, 1.82) is 0 Å². The molecular formula is C18H15Hf-. The summed E-state index contributed by atoms with van der Waals surface area (Å²) in [4.78, 5) is 0. The Balaban J connectivity index is 0.000000190. The van der Waals surface area contributed by atoms with Gasteiger partial charge in [0, 0.05) is 25.8 Å². The average Bonchev–Trinajstić information content (AvgIpc) is 3.10. The van der Waals surface area contributed by atoms with E-state index < -0.39 is 0 Å². The number of hydrogen-bond acceptors (Lipinski definition) is 0. The standard InChI is InChI=1S/C13H10.C5H5.Hf/c1-3-7-12-10(5-1)9-11-6-2-4-8-13(11)12;1-2-4-5-3-1;/h1-8H,9H2;1-3H,4H2;/q;-1;. The summed E-state index contributed by atoms with van der Waals surface area (Å²) in [7, 11) is 0. The van der Waals surface area contributed by atoms with Crippen LogP contribution < -0.4 is 0 Å². The van der Waals surface area contributed by atoms with Gasteiger partial charge in [0.15, 0.2) is 0 Å². The Bertz CT molecular complexity index is 555. The first-order valence-electron chi connectivity index (χ1n) is 6.33. The van der Waals surface area contributed by atoms with Gasteiger partial charge < -0.3 is 0 Å². The van der Waals surface area contributed by atoms with Crippen molar-refractivity contribution >= 4 is 0 Å². The SMILES string of the molecule is [C-]1=CC=CC1.[Hf].c1ccc2c(c1)Cc1ccccc1-2. The molecule has 0 aromatic heterocycles. The molecule has 0 saturated heterocycles. The molecule has 0 spiro atoms. The van der Waals surface area contributed by atoms with Gasteiger partial charge in [0.2, 0.25) is 0 Å². The summed E-state index contributed by atoms with van der Waals surface area (Å²) in [6.45, 7) is 0. The van der Waals surface area contributed by atoms with E-state index in [4.69, 9.17) is 0 Å². The van der Waals surface area contributed by atoms with Crippen molar-refractivity contribution in [2.45, 2.75) is 12.8 Å². The normalized spacial score (nSPS) is 13.1. The van der Waals surface area contributed by atoms with Gasteiger partial charge in [-0.2, -0.15) is 6.08 Å². The van der Waals surface area contributed by atoms with Crippen LogP contribution in [0, 0.1) is 6.08 Å². The van der Waals surface area contributed by atoms with Crippen LogP contribution in [0.2, 0.25) is 0 Å². The van der Waals surface area contributed by atoms with Gasteiger partial charge in [0.1, 0.15) is 0 Å². The van der Waals surface area contributed by atoms with E-state index >= 15 is 0 Å². The molecule has 92 valence electrons. The molecule has 0 heterocycles. The Morgan fingerprint density at radius 2 is 1.37 bits per heavy atom. The molecule has 0 nitrogen and oxygen atoms in total. The number of fused-ring (bicyclic) bond motifs is 3. The van der Waals surface area contributed by atoms with Crippen molar-refractivity contribution in [1.82, 2.24) is 0 Å². The molecule has 0 amide bonds. The van der Waals surface area contributed by atoms with Crippen LogP contribution in [-0.2, 0) is 32.3 Å². The zero-order chi connectivity index (χ0) is 12.2. The average molecular weight is 410 g/mol. The van der Waals surface area contributed by atoms with E-state index in [-0.39, 0.29) is 25.8 Å². The van der Waals surface area contributed by atoms with Crippen LogP contribution in [0.15, 0.2) is 66.8 Å². The molecule has 0 bridgehead atoms. The molecule has 2 aliphatic rings. The molecule has 0 aliphatic heterocycles. The maximum atomic E-state index is 2.99. The third kappa shape index (κ3) is 3.22. The molecule has 0 fully saturated rings. The van der Waals surface area contributed by atoms with Gasteiger partial charge in [-0.3, -0.25) is 6.08 Å². The fraction of sp³-hybridized carbons (Fsp3) is 0.111. The molecule has 0 unspecified atom stereocenters. The minimum Gasteiger partial charge on any atom is -0.273 e. The van der Waals surface area contributed by atoms with Crippen LogP contribution in [-0.4, -0.2) is 0 Å². The number of rotatable bonds is 0. The number of allylic oxidation sites excluding steroid dienone is 4. The van der Waals surface area contributed by atoms with E-state index in [1.54, 1.807) is 0 Å². The second-order valence-electron chi connectivity index (χ2n) is 4.49. The van der Waals surface area contributed by atoms with Gasteiger partial charge in [0.25, 0.3) is 0 Å². The first-order chi connectivity index (χ1) is 8.95. The molecular weight excluding hydrogens is 395 g/mol. The quantitative estimate of drug-likeness (QED) is 0.377. The second-order valence-corrected chi connectivity index (χ2v) is 4.49. The Hall–Kier alpha value is -1.21. The van der Waals surface area contributed by atoms with Gasteiger partial charge in [-0.1, -0.05) is 48.5 Å². The molecule has 0 radical (unpaired) electrons. The Morgan fingerprint density at radius 3 is 1.79 bits per heavy atom. The van der Waals surface area contributed by atoms with Crippen LogP contribution in [0.25, 0.3) is 11.1 Å². The molecule has 19 heavy (non-hydrogen) atoms. The fourth-order valence-corrected chi connectivity index (χ4v) is 2.42. The summed E-state index contributed by atoms with van der Waals surface area (Å²) in [5, 5.41) is 0. The predicted octanol–water partition coefficient (Wildman–Crippen LogP) is 4.56. The second kappa shape index (κ2) is 6.81. The number of benzene rings is 2. The summed E-state index contributed by atoms with van der Waals surface area (Å²) in [5.74, 6) is 0. The maximum Gasteiger partial charge on any atom is 0 e. The summed E-state index contributed by atoms with van der Waals surface area (Å²) in [6.07, 6.45) is 11.1. The van der Waals surface area contributed by atoms with E-state index in [1.807, 2.05) is 12.2 Å². The van der Waals surface area contributed by atoms with Crippen LogP contribution in [0.4, 0.5) is 0 Å². The molecule has 4 rings (SSSR count). The Labute approximate surface area is 133 Å². The summed E-state index contributed by atoms with van der Waals surface area (Å²) >= 11 is 0. The van der Waals surface area contributed by atoms with Gasteiger partial charge in [-0.15, -0.1) is 6.42 Å². The summed E-state index contributed by atoms with van der Waals surface area (Å²) in [6, 6.07) is 17.3. The van der Waals surface area contributed by atoms with Crippen molar-refractivity contribution in [3.8, 4) is 11.1 Å². The van der Waals surface area contributed by atoms with Crippen LogP contribution >= 0.6 is 0 Å². The van der Waals surface area contributed by atoms with Crippen molar-refractivity contribution in [2.24, 2.45) is 0 Å². The van der Waals surface area contributed by atoms with Gasteiger partial charge in [-0.05, 0) is 28.7 Å². The van der Waals surface area contributed by atoms with Crippen molar-refractivity contribution in [3.05, 3.63) is 84.0 Å². The monoisotopic (exact) mass is 411 g/mol. The molecule has 2 aliphatic carbocycles. The Morgan fingerprint density at radius 1 is 0.789 bits per heavy atom. The Kier molecular flexibility index (Phi) is 5.09. The molecule has 0 saturated carbocycles. The largest absolute Gasteiger partial charge is 0.273 e. The van der Waals surface area contributed by atoms with Gasteiger partial charge >= 0.3 is 0 Å². The van der Waals surface area contributed by atoms with Crippen LogP contribution in [0.5, 0.6) is 0 Å². The maximum absolute atomic E-state index is 2.99. The van der Waals surface area contributed by atoms with Crippen molar-refractivity contribution in [2.75, 3.05) is 0 Å². The smallest absolute Gasteiger partial charge is 0 e. The topological polar surface area (TPSA) is 0 Å². The predicted molar refractivity (Wildman–Crippen MR) is 76.3 cm³/mol. The molecule has 2 aromatic rings. The van der Waals surface area contributed by atoms with Crippen LogP contribution in [0.3, 0.4) is 0 Å². The molecule has 0 N–H and O–H groups in total. The summed E-state index contributed by atoms with van der Waals surface area (Å²) < 4.78 is 0. The third-order valence-electron chi connectivity index (χ3n) is 3.29. The zero-order valence-corrected chi connectivity index (χ0v) is 14.4. The third-order valence-corrected chi connectivity index (χ3v) is 3.29. The molecule has 2 aromatic carbocycles. The minimum absolute atomic E-state index is 0. The van der Waals surface area contributed by atoms with Gasteiger partial charge in [0.05, 0.1) is 0 Å². The molecule has 1 heteroatoms. The fourth-order valence-electron chi connectivity index (χ4n) is 2.42. The minimum atomic E-state index is 0. The first-order valence-corrected chi connectivity index (χ1v) is 6.33. The van der Waals surface area contributed by atoms with E-state index in [0.717, 1.165) is 12.8 Å². The van der Waals surface area contributed by atoms with Crippen molar-refractivity contribution < 1.29 is 25.8 Å². The van der Waals surface area contributed by atoms with Crippen LogP contribution in [0.1, 0.15) is 17.5 Å². The van der Waals surface area contributed by atoms with E-state index in [1.165, 1.54) is 22.3 Å².